The Labute approximate surface area is 223 Å². The lowest BCUT2D eigenvalue weighted by molar-refractivity contribution is -0.123. The zero-order valence-corrected chi connectivity index (χ0v) is 21.5. The molecule has 5 rings (SSSR count). The molecule has 0 aromatic heterocycles. The summed E-state index contributed by atoms with van der Waals surface area (Å²) in [5.74, 6) is 0.548. The normalized spacial score (nSPS) is 18.9. The molecule has 200 valence electrons. The van der Waals surface area contributed by atoms with E-state index in [-0.39, 0.29) is 30.9 Å². The molecule has 0 atom stereocenters. The van der Waals surface area contributed by atoms with E-state index in [4.69, 9.17) is 19.9 Å². The SMILES string of the molecule is N#Cc1ccc(C(=O)N2CCN(c3ccc(OC4CCN(C5CCCC5)CC4)cc3)C(=O)C2)cc1.O=CO. The number of hydrogen-bond acceptors (Lipinski definition) is 6. The summed E-state index contributed by atoms with van der Waals surface area (Å²) in [6.45, 7) is 2.93. The highest BCUT2D eigenvalue weighted by atomic mass is 16.5. The number of likely N-dealkylation sites (tertiary alicyclic amines) is 1. The summed E-state index contributed by atoms with van der Waals surface area (Å²) >= 11 is 0. The van der Waals surface area contributed by atoms with Gasteiger partial charge in [0.1, 0.15) is 18.4 Å². The monoisotopic (exact) mass is 518 g/mol. The minimum absolute atomic E-state index is 0.0383. The van der Waals surface area contributed by atoms with Crippen molar-refractivity contribution in [2.75, 3.05) is 37.6 Å². The minimum atomic E-state index is -0.250. The maximum atomic E-state index is 12.8. The van der Waals surface area contributed by atoms with Crippen molar-refractivity contribution in [1.82, 2.24) is 9.80 Å². The highest BCUT2D eigenvalue weighted by Crippen LogP contribution is 2.28. The van der Waals surface area contributed by atoms with Gasteiger partial charge >= 0.3 is 0 Å². The molecule has 2 aromatic rings. The van der Waals surface area contributed by atoms with E-state index in [1.807, 2.05) is 30.3 Å². The topological polar surface area (TPSA) is 114 Å². The number of carbonyl (C=O) groups is 3. The van der Waals surface area contributed by atoms with E-state index in [9.17, 15) is 9.59 Å². The van der Waals surface area contributed by atoms with Crippen LogP contribution in [-0.2, 0) is 9.59 Å². The van der Waals surface area contributed by atoms with Crippen molar-refractivity contribution in [3.05, 3.63) is 59.7 Å². The zero-order chi connectivity index (χ0) is 26.9. The number of hydrogen-bond donors (Lipinski definition) is 1. The first kappa shape index (κ1) is 27.1. The Bertz CT molecular complexity index is 1130. The molecule has 3 aliphatic rings. The Kier molecular flexibility index (Phi) is 9.33. The van der Waals surface area contributed by atoms with Crippen molar-refractivity contribution in [2.45, 2.75) is 50.7 Å². The maximum absolute atomic E-state index is 12.8. The van der Waals surface area contributed by atoms with Crippen LogP contribution in [0.25, 0.3) is 0 Å². The fourth-order valence-electron chi connectivity index (χ4n) is 5.51. The molecular formula is C29H34N4O5. The average Bonchev–Trinajstić information content (AvgIpc) is 3.49. The molecule has 1 N–H and O–H groups in total. The van der Waals surface area contributed by atoms with Crippen molar-refractivity contribution in [3.8, 4) is 11.8 Å². The number of piperazine rings is 1. The van der Waals surface area contributed by atoms with E-state index in [0.29, 0.717) is 24.2 Å². The van der Waals surface area contributed by atoms with Gasteiger partial charge < -0.3 is 24.5 Å². The highest BCUT2D eigenvalue weighted by molar-refractivity contribution is 6.01. The summed E-state index contributed by atoms with van der Waals surface area (Å²) in [5.41, 5.74) is 1.81. The fourth-order valence-corrected chi connectivity index (χ4v) is 5.51. The molecule has 2 heterocycles. The first-order chi connectivity index (χ1) is 18.5. The Morgan fingerprint density at radius 3 is 2.16 bits per heavy atom. The predicted octanol–water partition coefficient (Wildman–Crippen LogP) is 3.53. The predicted molar refractivity (Wildman–Crippen MR) is 142 cm³/mol. The highest BCUT2D eigenvalue weighted by Gasteiger charge is 2.30. The molecule has 2 aromatic carbocycles. The maximum Gasteiger partial charge on any atom is 0.290 e. The van der Waals surface area contributed by atoms with Crippen molar-refractivity contribution >= 4 is 24.0 Å². The lowest BCUT2D eigenvalue weighted by atomic mass is 10.0. The summed E-state index contributed by atoms with van der Waals surface area (Å²) in [6.07, 6.45) is 7.82. The summed E-state index contributed by atoms with van der Waals surface area (Å²) in [7, 11) is 0. The molecule has 3 fully saturated rings. The van der Waals surface area contributed by atoms with Gasteiger partial charge in [-0.1, -0.05) is 12.8 Å². The molecule has 0 radical (unpaired) electrons. The number of anilines is 1. The molecule has 9 nitrogen and oxygen atoms in total. The molecule has 0 spiro atoms. The Balaban J connectivity index is 0.00000107. The smallest absolute Gasteiger partial charge is 0.290 e. The van der Waals surface area contributed by atoms with Crippen LogP contribution in [0, 0.1) is 11.3 Å². The van der Waals surface area contributed by atoms with Crippen LogP contribution in [-0.4, -0.2) is 78.1 Å². The average molecular weight is 519 g/mol. The summed E-state index contributed by atoms with van der Waals surface area (Å²) in [6, 6.07) is 17.1. The largest absolute Gasteiger partial charge is 0.490 e. The van der Waals surface area contributed by atoms with Gasteiger partial charge in [-0.3, -0.25) is 14.4 Å². The van der Waals surface area contributed by atoms with Gasteiger partial charge in [-0.05, 0) is 74.2 Å². The van der Waals surface area contributed by atoms with Crippen LogP contribution in [0.2, 0.25) is 0 Å². The van der Waals surface area contributed by atoms with Crippen LogP contribution in [0.4, 0.5) is 5.69 Å². The van der Waals surface area contributed by atoms with Crippen molar-refractivity contribution in [3.63, 3.8) is 0 Å². The molecule has 1 saturated carbocycles. The molecule has 0 unspecified atom stereocenters. The molecule has 2 aliphatic heterocycles. The third-order valence-corrected chi connectivity index (χ3v) is 7.54. The lowest BCUT2D eigenvalue weighted by Crippen LogP contribution is -2.52. The minimum Gasteiger partial charge on any atom is -0.490 e. The number of piperidine rings is 1. The van der Waals surface area contributed by atoms with Crippen LogP contribution in [0.15, 0.2) is 48.5 Å². The van der Waals surface area contributed by atoms with E-state index in [1.54, 1.807) is 34.1 Å². The number of rotatable bonds is 5. The van der Waals surface area contributed by atoms with E-state index < -0.39 is 0 Å². The second-order valence-electron chi connectivity index (χ2n) is 9.85. The molecule has 9 heteroatoms. The van der Waals surface area contributed by atoms with Crippen LogP contribution < -0.4 is 9.64 Å². The van der Waals surface area contributed by atoms with Gasteiger partial charge in [-0.25, -0.2) is 0 Å². The van der Waals surface area contributed by atoms with Gasteiger partial charge in [0.2, 0.25) is 5.91 Å². The Hall–Kier alpha value is -3.90. The standard InChI is InChI=1S/C28H32N4O3.CH2O2/c29-19-21-5-7-22(8-6-21)28(34)31-17-18-32(27(33)20-31)24-9-11-25(12-10-24)35-26-13-15-30(16-14-26)23-3-1-2-4-23;2-1-3/h5-12,23,26H,1-4,13-18,20H2;1H,(H,2,3). The van der Waals surface area contributed by atoms with Gasteiger partial charge in [0, 0.05) is 43.5 Å². The molecule has 0 bridgehead atoms. The summed E-state index contributed by atoms with van der Waals surface area (Å²) in [5, 5.41) is 15.8. The first-order valence-corrected chi connectivity index (χ1v) is 13.2. The number of nitriles is 1. The Morgan fingerprint density at radius 1 is 0.947 bits per heavy atom. The Morgan fingerprint density at radius 2 is 1.58 bits per heavy atom. The number of nitrogens with zero attached hydrogens (tertiary/aromatic N) is 4. The fraction of sp³-hybridized carbons (Fsp3) is 0.448. The molecule has 2 saturated heterocycles. The number of amides is 2. The van der Waals surface area contributed by atoms with Crippen LogP contribution >= 0.6 is 0 Å². The van der Waals surface area contributed by atoms with E-state index in [1.165, 1.54) is 25.7 Å². The van der Waals surface area contributed by atoms with Crippen LogP contribution in [0.5, 0.6) is 5.75 Å². The molecule has 2 amide bonds. The number of carbonyl (C=O) groups excluding carboxylic acids is 2. The number of benzene rings is 2. The summed E-state index contributed by atoms with van der Waals surface area (Å²) in [4.78, 5) is 39.9. The van der Waals surface area contributed by atoms with Crippen molar-refractivity contribution < 1.29 is 24.2 Å². The van der Waals surface area contributed by atoms with Crippen LogP contribution in [0.3, 0.4) is 0 Å². The van der Waals surface area contributed by atoms with Gasteiger partial charge in [0.15, 0.2) is 0 Å². The number of carboxylic acid groups (broad SMARTS) is 1. The zero-order valence-electron chi connectivity index (χ0n) is 21.5. The molecular weight excluding hydrogens is 484 g/mol. The molecule has 38 heavy (non-hydrogen) atoms. The quantitative estimate of drug-likeness (QED) is 0.602. The lowest BCUT2D eigenvalue weighted by Gasteiger charge is -2.36. The number of ether oxygens (including phenoxy) is 1. The third-order valence-electron chi connectivity index (χ3n) is 7.54. The van der Waals surface area contributed by atoms with Crippen LogP contribution in [0.1, 0.15) is 54.4 Å². The van der Waals surface area contributed by atoms with Crippen molar-refractivity contribution in [2.24, 2.45) is 0 Å². The summed E-state index contributed by atoms with van der Waals surface area (Å²) < 4.78 is 6.25. The second-order valence-corrected chi connectivity index (χ2v) is 9.85. The van der Waals surface area contributed by atoms with E-state index >= 15 is 0 Å². The van der Waals surface area contributed by atoms with Gasteiger partial charge in [0.25, 0.3) is 12.4 Å². The van der Waals surface area contributed by atoms with Crippen molar-refractivity contribution in [1.29, 1.82) is 5.26 Å². The molecule has 1 aliphatic carbocycles. The third kappa shape index (κ3) is 6.69. The van der Waals surface area contributed by atoms with E-state index in [0.717, 1.165) is 43.4 Å². The van der Waals surface area contributed by atoms with Gasteiger partial charge in [0.05, 0.1) is 11.6 Å². The second kappa shape index (κ2) is 13.1. The van der Waals surface area contributed by atoms with Gasteiger partial charge in [-0.2, -0.15) is 5.26 Å². The first-order valence-electron chi connectivity index (χ1n) is 13.2. The van der Waals surface area contributed by atoms with Gasteiger partial charge in [-0.15, -0.1) is 0 Å². The van der Waals surface area contributed by atoms with E-state index in [2.05, 4.69) is 4.90 Å².